The van der Waals surface area contributed by atoms with Gasteiger partial charge in [0.15, 0.2) is 0 Å². The minimum atomic E-state index is -0.153. The molecule has 0 saturated heterocycles. The predicted molar refractivity (Wildman–Crippen MR) is 142 cm³/mol. The maximum Gasteiger partial charge on any atom is 0.247 e. The Hall–Kier alpha value is -2.81. The van der Waals surface area contributed by atoms with E-state index in [0.717, 1.165) is 24.1 Å². The minimum Gasteiger partial charge on any atom is -0.348 e. The van der Waals surface area contributed by atoms with Crippen LogP contribution in [0.4, 0.5) is 0 Å². The molecule has 0 bridgehead atoms. The summed E-state index contributed by atoms with van der Waals surface area (Å²) in [7, 11) is 0. The average molecular weight is 437 g/mol. The monoisotopic (exact) mass is 436 g/mol. The van der Waals surface area contributed by atoms with Crippen molar-refractivity contribution < 1.29 is 4.79 Å². The van der Waals surface area contributed by atoms with Crippen molar-refractivity contribution in [1.29, 1.82) is 0 Å². The van der Waals surface area contributed by atoms with Crippen molar-refractivity contribution in [3.63, 3.8) is 0 Å². The fourth-order valence-corrected chi connectivity index (χ4v) is 2.88. The molecule has 3 heteroatoms. The third-order valence-corrected chi connectivity index (χ3v) is 5.00. The molecule has 0 heterocycles. The largest absolute Gasteiger partial charge is 0.348 e. The predicted octanol–water partition coefficient (Wildman–Crippen LogP) is 7.76. The molecule has 0 rings (SSSR count). The lowest BCUT2D eigenvalue weighted by atomic mass is 9.94. The standard InChI is InChI=1S/C29H44N2O/c1-12-28(16-15-24(8)27(11)26(10)18-21(2)3)19-30-29(32)25(9)14-13-17-31(23(6)7)20-22(4)5/h12-13,16-17,20-21H,1,6,9-10,14-15,18-19H2,2-5,7-8,11H3,(H,30,32)/b17-13-,27-24+,28-16+. The summed E-state index contributed by atoms with van der Waals surface area (Å²) in [4.78, 5) is 14.4. The van der Waals surface area contributed by atoms with Crippen LogP contribution in [0.1, 0.15) is 67.7 Å². The average Bonchev–Trinajstić information content (AvgIpc) is 2.70. The van der Waals surface area contributed by atoms with Crippen LogP contribution in [0.25, 0.3) is 0 Å². The lowest BCUT2D eigenvalue weighted by Crippen LogP contribution is -2.26. The zero-order valence-electron chi connectivity index (χ0n) is 21.5. The summed E-state index contributed by atoms with van der Waals surface area (Å²) in [6.07, 6.45) is 12.0. The Morgan fingerprint density at radius 2 is 1.62 bits per heavy atom. The van der Waals surface area contributed by atoms with Crippen molar-refractivity contribution in [3.05, 3.63) is 96.1 Å². The summed E-state index contributed by atoms with van der Waals surface area (Å²) < 4.78 is 0. The number of nitrogens with one attached hydrogen (secondary N) is 1. The minimum absolute atomic E-state index is 0.153. The Bertz CT molecular complexity index is 827. The molecular formula is C29H44N2O. The third-order valence-electron chi connectivity index (χ3n) is 5.00. The molecule has 0 aromatic carbocycles. The van der Waals surface area contributed by atoms with E-state index >= 15 is 0 Å². The number of amides is 1. The topological polar surface area (TPSA) is 32.3 Å². The molecule has 0 saturated carbocycles. The number of hydrogen-bond acceptors (Lipinski definition) is 2. The van der Waals surface area contributed by atoms with Crippen molar-refractivity contribution in [2.45, 2.75) is 67.7 Å². The Morgan fingerprint density at radius 3 is 2.12 bits per heavy atom. The van der Waals surface area contributed by atoms with Gasteiger partial charge in [-0.15, -0.1) is 0 Å². The smallest absolute Gasteiger partial charge is 0.247 e. The van der Waals surface area contributed by atoms with Gasteiger partial charge in [-0.3, -0.25) is 4.79 Å². The van der Waals surface area contributed by atoms with Gasteiger partial charge >= 0.3 is 0 Å². The van der Waals surface area contributed by atoms with E-state index < -0.39 is 0 Å². The number of carbonyl (C=O) groups is 1. The lowest BCUT2D eigenvalue weighted by Gasteiger charge is -2.16. The van der Waals surface area contributed by atoms with Gasteiger partial charge in [0.1, 0.15) is 0 Å². The second-order valence-corrected chi connectivity index (χ2v) is 9.02. The Balaban J connectivity index is 4.86. The van der Waals surface area contributed by atoms with Crippen LogP contribution < -0.4 is 5.32 Å². The second kappa shape index (κ2) is 15.1. The van der Waals surface area contributed by atoms with Crippen LogP contribution in [0.15, 0.2) is 96.1 Å². The fraction of sp³-hybridized carbons (Fsp3) is 0.414. The van der Waals surface area contributed by atoms with E-state index in [2.05, 4.69) is 65.4 Å². The summed E-state index contributed by atoms with van der Waals surface area (Å²) >= 11 is 0. The normalized spacial score (nSPS) is 12.3. The van der Waals surface area contributed by atoms with Crippen LogP contribution in [-0.4, -0.2) is 17.4 Å². The van der Waals surface area contributed by atoms with Crippen molar-refractivity contribution >= 4 is 5.91 Å². The molecule has 0 aromatic rings. The van der Waals surface area contributed by atoms with E-state index in [4.69, 9.17) is 0 Å². The highest BCUT2D eigenvalue weighted by atomic mass is 16.1. The third kappa shape index (κ3) is 12.1. The van der Waals surface area contributed by atoms with Gasteiger partial charge in [0.25, 0.3) is 0 Å². The summed E-state index contributed by atoms with van der Waals surface area (Å²) in [5.41, 5.74) is 7.32. The summed E-state index contributed by atoms with van der Waals surface area (Å²) in [5, 5.41) is 2.94. The molecule has 0 unspecified atom stereocenters. The number of hydrogen-bond donors (Lipinski definition) is 1. The van der Waals surface area contributed by atoms with Crippen LogP contribution in [0.5, 0.6) is 0 Å². The van der Waals surface area contributed by atoms with Crippen LogP contribution in [0, 0.1) is 5.92 Å². The molecule has 0 aliphatic heterocycles. The number of allylic oxidation sites excluding steroid dienone is 7. The van der Waals surface area contributed by atoms with Crippen molar-refractivity contribution in [2.24, 2.45) is 5.92 Å². The molecule has 0 aliphatic rings. The number of nitrogens with zero attached hydrogens (tertiary/aromatic N) is 1. The first-order valence-electron chi connectivity index (χ1n) is 11.3. The quantitative estimate of drug-likeness (QED) is 0.223. The van der Waals surface area contributed by atoms with Gasteiger partial charge in [0, 0.05) is 30.2 Å². The maximum absolute atomic E-state index is 12.4. The molecular weight excluding hydrogens is 392 g/mol. The van der Waals surface area contributed by atoms with E-state index in [1.807, 2.05) is 44.1 Å². The highest BCUT2D eigenvalue weighted by molar-refractivity contribution is 5.93. The van der Waals surface area contributed by atoms with Gasteiger partial charge in [-0.25, -0.2) is 0 Å². The first-order chi connectivity index (χ1) is 14.9. The maximum atomic E-state index is 12.4. The molecule has 0 fully saturated rings. The second-order valence-electron chi connectivity index (χ2n) is 9.02. The summed E-state index contributed by atoms with van der Waals surface area (Å²) in [6.45, 7) is 31.1. The van der Waals surface area contributed by atoms with E-state index in [-0.39, 0.29) is 5.91 Å². The highest BCUT2D eigenvalue weighted by Crippen LogP contribution is 2.22. The molecule has 176 valence electrons. The van der Waals surface area contributed by atoms with Crippen molar-refractivity contribution in [1.82, 2.24) is 10.2 Å². The van der Waals surface area contributed by atoms with Gasteiger partial charge < -0.3 is 10.2 Å². The first kappa shape index (κ1) is 29.2. The van der Waals surface area contributed by atoms with E-state index in [0.29, 0.717) is 24.5 Å². The van der Waals surface area contributed by atoms with E-state index in [9.17, 15) is 4.79 Å². The molecule has 0 aromatic heterocycles. The summed E-state index contributed by atoms with van der Waals surface area (Å²) in [5.74, 6) is 0.444. The van der Waals surface area contributed by atoms with E-state index in [1.54, 1.807) is 6.08 Å². The molecule has 0 radical (unpaired) electrons. The zero-order valence-corrected chi connectivity index (χ0v) is 21.5. The number of carbonyl (C=O) groups excluding carboxylic acids is 1. The molecule has 3 nitrogen and oxygen atoms in total. The molecule has 32 heavy (non-hydrogen) atoms. The molecule has 1 amide bonds. The van der Waals surface area contributed by atoms with Crippen LogP contribution in [0.3, 0.4) is 0 Å². The Morgan fingerprint density at radius 1 is 1.00 bits per heavy atom. The van der Waals surface area contributed by atoms with Gasteiger partial charge in [-0.2, -0.15) is 0 Å². The van der Waals surface area contributed by atoms with Crippen molar-refractivity contribution in [2.75, 3.05) is 6.54 Å². The first-order valence-corrected chi connectivity index (χ1v) is 11.3. The summed E-state index contributed by atoms with van der Waals surface area (Å²) in [6, 6.07) is 0. The van der Waals surface area contributed by atoms with Gasteiger partial charge in [-0.05, 0) is 70.9 Å². The highest BCUT2D eigenvalue weighted by Gasteiger charge is 2.07. The van der Waals surface area contributed by atoms with Crippen LogP contribution in [-0.2, 0) is 4.79 Å². The van der Waals surface area contributed by atoms with Crippen LogP contribution in [0.2, 0.25) is 0 Å². The number of rotatable bonds is 14. The van der Waals surface area contributed by atoms with E-state index in [1.165, 1.54) is 22.3 Å². The molecule has 0 spiro atoms. The fourth-order valence-electron chi connectivity index (χ4n) is 2.88. The molecule has 0 aliphatic carbocycles. The molecule has 0 atom stereocenters. The van der Waals surface area contributed by atoms with Gasteiger partial charge in [0.05, 0.1) is 0 Å². The lowest BCUT2D eigenvalue weighted by molar-refractivity contribution is -0.117. The molecule has 1 N–H and O–H groups in total. The Kier molecular flexibility index (Phi) is 13.7. The van der Waals surface area contributed by atoms with Gasteiger partial charge in [-0.1, -0.05) is 75.1 Å². The van der Waals surface area contributed by atoms with Crippen LogP contribution >= 0.6 is 0 Å². The zero-order chi connectivity index (χ0) is 24.8. The Labute approximate surface area is 197 Å². The van der Waals surface area contributed by atoms with Crippen molar-refractivity contribution in [3.8, 4) is 0 Å². The SMILES string of the molecule is C=C/C(=C\C/C(C)=C(\C)C(=C)CC(C)C)CNC(=O)C(=C)C/C=C\N(C=C(C)C)C(=C)C. The van der Waals surface area contributed by atoms with Gasteiger partial charge in [0.2, 0.25) is 5.91 Å².